The highest BCUT2D eigenvalue weighted by atomic mass is 79.9. The van der Waals surface area contributed by atoms with E-state index in [1.807, 2.05) is 36.2 Å². The summed E-state index contributed by atoms with van der Waals surface area (Å²) in [6.07, 6.45) is 4.74. The van der Waals surface area contributed by atoms with E-state index < -0.39 is 0 Å². The second-order valence-electron chi connectivity index (χ2n) is 5.43. The van der Waals surface area contributed by atoms with E-state index in [0.717, 1.165) is 30.2 Å². The Balaban J connectivity index is 1.99. The average molecular weight is 335 g/mol. The van der Waals surface area contributed by atoms with Gasteiger partial charge in [0.1, 0.15) is 0 Å². The van der Waals surface area contributed by atoms with Crippen LogP contribution in [0.1, 0.15) is 42.5 Å². The van der Waals surface area contributed by atoms with Crippen molar-refractivity contribution >= 4 is 21.8 Å². The van der Waals surface area contributed by atoms with Gasteiger partial charge in [-0.15, -0.1) is 0 Å². The number of rotatable bonds is 3. The minimum atomic E-state index is 0.0706. The van der Waals surface area contributed by atoms with Gasteiger partial charge in [0.05, 0.1) is 11.6 Å². The zero-order valence-corrected chi connectivity index (χ0v) is 13.3. The number of hydrogen-bond donors (Lipinski definition) is 0. The van der Waals surface area contributed by atoms with Crippen molar-refractivity contribution in [2.75, 3.05) is 7.05 Å². The zero-order valence-electron chi connectivity index (χ0n) is 11.7. The Morgan fingerprint density at radius 2 is 2.00 bits per heavy atom. The lowest BCUT2D eigenvalue weighted by molar-refractivity contribution is 0.0675. The van der Waals surface area contributed by atoms with Crippen LogP contribution in [0.15, 0.2) is 28.7 Å². The number of benzene rings is 1. The maximum Gasteiger partial charge on any atom is 0.254 e. The summed E-state index contributed by atoms with van der Waals surface area (Å²) in [4.78, 5) is 14.4. The molecule has 106 valence electrons. The number of nitrogens with zero attached hydrogens (tertiary/aromatic N) is 2. The second-order valence-corrected chi connectivity index (χ2v) is 6.29. The van der Waals surface area contributed by atoms with Crippen LogP contribution in [0, 0.1) is 17.2 Å². The summed E-state index contributed by atoms with van der Waals surface area (Å²) in [5, 5.41) is 8.74. The maximum atomic E-state index is 12.5. The molecule has 0 spiro atoms. The van der Waals surface area contributed by atoms with Gasteiger partial charge in [-0.3, -0.25) is 4.79 Å². The Bertz CT molecular complexity index is 515. The molecule has 0 radical (unpaired) electrons. The zero-order chi connectivity index (χ0) is 14.5. The van der Waals surface area contributed by atoms with E-state index in [0.29, 0.717) is 23.9 Å². The Morgan fingerprint density at radius 1 is 1.35 bits per heavy atom. The number of carbonyl (C=O) groups is 1. The summed E-state index contributed by atoms with van der Waals surface area (Å²) in [6.45, 7) is 0. The Morgan fingerprint density at radius 3 is 2.60 bits per heavy atom. The molecule has 1 saturated carbocycles. The summed E-state index contributed by atoms with van der Waals surface area (Å²) in [5.74, 6) is 0.587. The Hall–Kier alpha value is -1.34. The van der Waals surface area contributed by atoms with Crippen molar-refractivity contribution < 1.29 is 4.79 Å². The molecule has 4 heteroatoms. The molecule has 1 aliphatic rings. The maximum absolute atomic E-state index is 12.5. The van der Waals surface area contributed by atoms with Crippen LogP contribution in [0.25, 0.3) is 0 Å². The molecular formula is C16H19BrN2O. The number of nitriles is 1. The van der Waals surface area contributed by atoms with Gasteiger partial charge in [-0.05, 0) is 59.7 Å². The number of hydrogen-bond acceptors (Lipinski definition) is 2. The fourth-order valence-corrected chi connectivity index (χ4v) is 3.31. The van der Waals surface area contributed by atoms with Gasteiger partial charge >= 0.3 is 0 Å². The number of carbonyl (C=O) groups excluding carboxylic acids is 1. The third-order valence-corrected chi connectivity index (χ3v) is 4.86. The number of amides is 1. The first-order valence-electron chi connectivity index (χ1n) is 7.02. The van der Waals surface area contributed by atoms with Crippen LogP contribution in [0.2, 0.25) is 0 Å². The summed E-state index contributed by atoms with van der Waals surface area (Å²) in [6, 6.07) is 10.1. The molecule has 20 heavy (non-hydrogen) atoms. The van der Waals surface area contributed by atoms with Crippen molar-refractivity contribution in [1.82, 2.24) is 4.90 Å². The molecule has 1 fully saturated rings. The Labute approximate surface area is 128 Å². The van der Waals surface area contributed by atoms with E-state index in [2.05, 4.69) is 22.0 Å². The minimum Gasteiger partial charge on any atom is -0.339 e. The Kier molecular flexibility index (Phi) is 5.19. The van der Waals surface area contributed by atoms with Crippen LogP contribution in [-0.2, 0) is 0 Å². The second kappa shape index (κ2) is 6.90. The minimum absolute atomic E-state index is 0.0706. The van der Waals surface area contributed by atoms with Crippen LogP contribution in [0.5, 0.6) is 0 Å². The van der Waals surface area contributed by atoms with E-state index in [4.69, 9.17) is 5.26 Å². The van der Waals surface area contributed by atoms with E-state index in [1.54, 1.807) is 0 Å². The van der Waals surface area contributed by atoms with Crippen LogP contribution in [0.3, 0.4) is 0 Å². The molecule has 0 bridgehead atoms. The normalized spacial score (nSPS) is 22.1. The van der Waals surface area contributed by atoms with E-state index in [9.17, 15) is 4.79 Å². The third-order valence-electron chi connectivity index (χ3n) is 4.17. The molecule has 0 saturated heterocycles. The SMILES string of the molecule is CN(C(=O)c1ccccc1Br)C1CCC(CC#N)CC1. The molecule has 0 unspecified atom stereocenters. The molecule has 3 nitrogen and oxygen atoms in total. The fraction of sp³-hybridized carbons (Fsp3) is 0.500. The van der Waals surface area contributed by atoms with Gasteiger partial charge in [0.25, 0.3) is 5.91 Å². The molecule has 2 rings (SSSR count). The predicted octanol–water partition coefficient (Wildman–Crippen LogP) is 3.99. The topological polar surface area (TPSA) is 44.1 Å². The van der Waals surface area contributed by atoms with Crippen LogP contribution in [-0.4, -0.2) is 23.9 Å². The predicted molar refractivity (Wildman–Crippen MR) is 82.2 cm³/mol. The first-order chi connectivity index (χ1) is 9.63. The van der Waals surface area contributed by atoms with E-state index in [-0.39, 0.29) is 5.91 Å². The molecular weight excluding hydrogens is 316 g/mol. The van der Waals surface area contributed by atoms with Crippen molar-refractivity contribution in [3.05, 3.63) is 34.3 Å². The lowest BCUT2D eigenvalue weighted by atomic mass is 9.84. The van der Waals surface area contributed by atoms with Gasteiger partial charge in [0, 0.05) is 24.0 Å². The monoisotopic (exact) mass is 334 g/mol. The summed E-state index contributed by atoms with van der Waals surface area (Å²) < 4.78 is 0.843. The number of halogens is 1. The smallest absolute Gasteiger partial charge is 0.254 e. The molecule has 1 aromatic carbocycles. The highest BCUT2D eigenvalue weighted by molar-refractivity contribution is 9.10. The first kappa shape index (κ1) is 15.1. The van der Waals surface area contributed by atoms with Gasteiger partial charge in [-0.25, -0.2) is 0 Å². The van der Waals surface area contributed by atoms with Crippen molar-refractivity contribution in [1.29, 1.82) is 5.26 Å². The van der Waals surface area contributed by atoms with Gasteiger partial charge in [-0.1, -0.05) is 12.1 Å². The first-order valence-corrected chi connectivity index (χ1v) is 7.81. The molecule has 1 aliphatic carbocycles. The van der Waals surface area contributed by atoms with E-state index >= 15 is 0 Å². The van der Waals surface area contributed by atoms with E-state index in [1.165, 1.54) is 0 Å². The molecule has 1 amide bonds. The van der Waals surface area contributed by atoms with Gasteiger partial charge in [0.2, 0.25) is 0 Å². The highest BCUT2D eigenvalue weighted by Crippen LogP contribution is 2.30. The van der Waals surface area contributed by atoms with Gasteiger partial charge in [-0.2, -0.15) is 5.26 Å². The quantitative estimate of drug-likeness (QED) is 0.838. The van der Waals surface area contributed by atoms with Crippen molar-refractivity contribution in [3.8, 4) is 6.07 Å². The third kappa shape index (κ3) is 3.40. The average Bonchev–Trinajstić information content (AvgIpc) is 2.47. The molecule has 0 heterocycles. The molecule has 0 aliphatic heterocycles. The van der Waals surface area contributed by atoms with Gasteiger partial charge in [0.15, 0.2) is 0 Å². The van der Waals surface area contributed by atoms with Crippen LogP contribution < -0.4 is 0 Å². The fourth-order valence-electron chi connectivity index (χ4n) is 2.86. The lowest BCUT2D eigenvalue weighted by Crippen LogP contribution is -2.39. The summed E-state index contributed by atoms with van der Waals surface area (Å²) in [7, 11) is 1.89. The van der Waals surface area contributed by atoms with Gasteiger partial charge < -0.3 is 4.90 Å². The molecule has 0 aromatic heterocycles. The van der Waals surface area contributed by atoms with Crippen molar-refractivity contribution in [2.24, 2.45) is 5.92 Å². The lowest BCUT2D eigenvalue weighted by Gasteiger charge is -2.34. The highest BCUT2D eigenvalue weighted by Gasteiger charge is 2.27. The summed E-state index contributed by atoms with van der Waals surface area (Å²) >= 11 is 3.44. The van der Waals surface area contributed by atoms with Crippen molar-refractivity contribution in [3.63, 3.8) is 0 Å². The molecule has 1 aromatic rings. The summed E-state index contributed by atoms with van der Waals surface area (Å²) in [5.41, 5.74) is 0.717. The standard InChI is InChI=1S/C16H19BrN2O/c1-19(13-8-6-12(7-9-13)10-11-18)16(20)14-4-2-3-5-15(14)17/h2-5,12-13H,6-10H2,1H3. The van der Waals surface area contributed by atoms with Crippen LogP contribution in [0.4, 0.5) is 0 Å². The molecule has 0 N–H and O–H groups in total. The molecule has 0 atom stereocenters. The van der Waals surface area contributed by atoms with Crippen LogP contribution >= 0.6 is 15.9 Å². The largest absolute Gasteiger partial charge is 0.339 e. The van der Waals surface area contributed by atoms with Crippen molar-refractivity contribution in [2.45, 2.75) is 38.1 Å².